The fourth-order valence-electron chi connectivity index (χ4n) is 5.38. The molecule has 0 saturated carbocycles. The number of allylic oxidation sites excluding steroid dienone is 4. The number of cyclic esters (lactones) is 1. The number of rotatable bonds is 6. The highest BCUT2D eigenvalue weighted by atomic mass is 16.7. The van der Waals surface area contributed by atoms with Crippen LogP contribution < -0.4 is 0 Å². The Labute approximate surface area is 274 Å². The summed E-state index contributed by atoms with van der Waals surface area (Å²) < 4.78 is 23.8. The van der Waals surface area contributed by atoms with E-state index < -0.39 is 72.5 Å². The first-order valence-electron chi connectivity index (χ1n) is 16.2. The van der Waals surface area contributed by atoms with Crippen molar-refractivity contribution in [3.05, 3.63) is 58.7 Å². The lowest BCUT2D eigenvalue weighted by Crippen LogP contribution is -2.64. The van der Waals surface area contributed by atoms with Crippen molar-refractivity contribution in [2.24, 2.45) is 11.8 Å². The number of aliphatic hydroxyl groups is 4. The molecule has 0 bridgehead atoms. The van der Waals surface area contributed by atoms with E-state index in [1.54, 1.807) is 59.8 Å². The maximum Gasteiger partial charge on any atom is 0.334 e. The average molecular weight is 649 g/mol. The van der Waals surface area contributed by atoms with E-state index in [1.165, 1.54) is 0 Å². The number of carbonyl (C=O) groups excluding carboxylic acids is 2. The second kappa shape index (κ2) is 17.5. The fraction of sp³-hybridized carbons (Fsp3) is 0.667. The van der Waals surface area contributed by atoms with E-state index in [4.69, 9.17) is 18.9 Å². The van der Waals surface area contributed by atoms with Crippen molar-refractivity contribution in [3.63, 3.8) is 0 Å². The van der Waals surface area contributed by atoms with Crippen LogP contribution in [0.15, 0.2) is 58.7 Å². The molecule has 2 aliphatic rings. The Hall–Kier alpha value is -2.60. The van der Waals surface area contributed by atoms with Gasteiger partial charge in [0.05, 0.1) is 24.2 Å². The molecule has 0 spiro atoms. The van der Waals surface area contributed by atoms with Gasteiger partial charge in [-0.2, -0.15) is 0 Å². The molecule has 260 valence electrons. The topological polar surface area (TPSA) is 152 Å². The average Bonchev–Trinajstić information content (AvgIpc) is 2.98. The molecule has 46 heavy (non-hydrogen) atoms. The van der Waals surface area contributed by atoms with E-state index in [2.05, 4.69) is 0 Å². The van der Waals surface area contributed by atoms with Gasteiger partial charge < -0.3 is 39.4 Å². The van der Waals surface area contributed by atoms with Gasteiger partial charge in [-0.1, -0.05) is 62.8 Å². The summed E-state index contributed by atoms with van der Waals surface area (Å²) in [4.78, 5) is 25.0. The highest BCUT2D eigenvalue weighted by Crippen LogP contribution is 2.36. The summed E-state index contributed by atoms with van der Waals surface area (Å²) in [7, 11) is 0. The van der Waals surface area contributed by atoms with Crippen LogP contribution in [0.25, 0.3) is 0 Å². The maximum absolute atomic E-state index is 12.7. The molecule has 9 atom stereocenters. The zero-order valence-corrected chi connectivity index (χ0v) is 29.1. The lowest BCUT2D eigenvalue weighted by Gasteiger charge is -2.47. The van der Waals surface area contributed by atoms with Crippen molar-refractivity contribution in [1.29, 1.82) is 0 Å². The highest BCUT2D eigenvalue weighted by molar-refractivity contribution is 5.88. The fourth-order valence-corrected chi connectivity index (χ4v) is 5.38. The molecule has 0 aromatic heterocycles. The summed E-state index contributed by atoms with van der Waals surface area (Å²) in [6.45, 7) is 17.5. The number of ether oxygens (including phenoxy) is 4. The van der Waals surface area contributed by atoms with Crippen molar-refractivity contribution < 1.29 is 49.0 Å². The summed E-state index contributed by atoms with van der Waals surface area (Å²) >= 11 is 0. The quantitative estimate of drug-likeness (QED) is 0.237. The predicted molar refractivity (Wildman–Crippen MR) is 175 cm³/mol. The van der Waals surface area contributed by atoms with Crippen molar-refractivity contribution in [2.75, 3.05) is 0 Å². The Morgan fingerprint density at radius 1 is 1.04 bits per heavy atom. The van der Waals surface area contributed by atoms with E-state index in [1.807, 2.05) is 45.9 Å². The van der Waals surface area contributed by atoms with Crippen molar-refractivity contribution in [1.82, 2.24) is 0 Å². The Morgan fingerprint density at radius 2 is 1.70 bits per heavy atom. The minimum atomic E-state index is -1.52. The minimum absolute atomic E-state index is 0.262. The summed E-state index contributed by atoms with van der Waals surface area (Å²) in [6, 6.07) is 0. The largest absolute Gasteiger partial charge is 0.456 e. The molecule has 2 heterocycles. The summed E-state index contributed by atoms with van der Waals surface area (Å²) in [5.74, 6) is -1.75. The van der Waals surface area contributed by atoms with Gasteiger partial charge in [-0.3, -0.25) is 4.79 Å². The van der Waals surface area contributed by atoms with Crippen LogP contribution in [0.2, 0.25) is 0 Å². The molecule has 0 aromatic rings. The highest BCUT2D eigenvalue weighted by Gasteiger charge is 2.52. The monoisotopic (exact) mass is 648 g/mol. The van der Waals surface area contributed by atoms with Crippen LogP contribution in [0.5, 0.6) is 0 Å². The number of esters is 2. The third-order valence-electron chi connectivity index (χ3n) is 8.44. The van der Waals surface area contributed by atoms with Crippen LogP contribution in [0.1, 0.15) is 88.5 Å². The van der Waals surface area contributed by atoms with Crippen molar-refractivity contribution in [2.45, 2.75) is 143 Å². The molecule has 4 N–H and O–H groups in total. The predicted octanol–water partition coefficient (Wildman–Crippen LogP) is 4.61. The molecule has 1 fully saturated rings. The Balaban J connectivity index is 2.55. The molecule has 0 amide bonds. The minimum Gasteiger partial charge on any atom is -0.456 e. The molecule has 0 aromatic carbocycles. The molecule has 0 aliphatic carbocycles. The number of carbonyl (C=O) groups is 2. The molecule has 1 saturated heterocycles. The van der Waals surface area contributed by atoms with Gasteiger partial charge in [-0.15, -0.1) is 0 Å². The second-order valence-electron chi connectivity index (χ2n) is 13.4. The van der Waals surface area contributed by atoms with E-state index >= 15 is 0 Å². The molecule has 2 rings (SSSR count). The first-order valence-corrected chi connectivity index (χ1v) is 16.2. The van der Waals surface area contributed by atoms with Gasteiger partial charge in [0.2, 0.25) is 0 Å². The molecular formula is C36H56O10. The second-order valence-corrected chi connectivity index (χ2v) is 13.4. The van der Waals surface area contributed by atoms with Gasteiger partial charge in [0.1, 0.15) is 23.9 Å². The van der Waals surface area contributed by atoms with Crippen LogP contribution in [0.3, 0.4) is 0 Å². The van der Waals surface area contributed by atoms with Crippen LogP contribution in [0, 0.1) is 11.8 Å². The number of aliphatic hydroxyl groups excluding tert-OH is 4. The standard InChI is InChI=1S/C36H56O10/c1-11-26-19-23(6)27(38)15-13-12-14-22(5)34(42)43-28(25(8)37)17-16-21(4)18-24(7)31(26)44-35-30(40)29(39)32(36(9,10)46-35)45-33(41)20(2)3/h12-14,16,18-20,25-32,35,37-40H,11,15,17H2,1-10H3/b13-12+,21-16+,22-14+,23-19+,24-18+/t25?,26-,27-,28-,29+,30-,31-,32-,35+/m0/s1. The smallest absolute Gasteiger partial charge is 0.334 e. The molecular weight excluding hydrogens is 592 g/mol. The van der Waals surface area contributed by atoms with Gasteiger partial charge in [0, 0.05) is 17.9 Å². The van der Waals surface area contributed by atoms with Crippen LogP contribution >= 0.6 is 0 Å². The molecule has 1 unspecified atom stereocenters. The molecule has 10 nitrogen and oxygen atoms in total. The van der Waals surface area contributed by atoms with Crippen molar-refractivity contribution in [3.8, 4) is 0 Å². The molecule has 2 aliphatic heterocycles. The molecule has 10 heteroatoms. The van der Waals surface area contributed by atoms with E-state index in [-0.39, 0.29) is 12.3 Å². The van der Waals surface area contributed by atoms with Crippen LogP contribution in [-0.2, 0) is 28.5 Å². The van der Waals surface area contributed by atoms with Crippen LogP contribution in [-0.4, -0.2) is 87.0 Å². The zero-order chi connectivity index (χ0) is 34.9. The summed E-state index contributed by atoms with van der Waals surface area (Å²) in [5.41, 5.74) is 1.51. The lowest BCUT2D eigenvalue weighted by molar-refractivity contribution is -0.333. The van der Waals surface area contributed by atoms with Gasteiger partial charge in [-0.05, 0) is 72.5 Å². The zero-order valence-electron chi connectivity index (χ0n) is 29.1. The van der Waals surface area contributed by atoms with Gasteiger partial charge in [-0.25, -0.2) is 4.79 Å². The van der Waals surface area contributed by atoms with Gasteiger partial charge >= 0.3 is 11.9 Å². The first-order chi connectivity index (χ1) is 21.4. The van der Waals surface area contributed by atoms with Crippen LogP contribution in [0.4, 0.5) is 0 Å². The summed E-state index contributed by atoms with van der Waals surface area (Å²) in [5, 5.41) is 43.5. The lowest BCUT2D eigenvalue weighted by atomic mass is 9.88. The Bertz CT molecular complexity index is 1190. The Kier molecular flexibility index (Phi) is 15.1. The normalized spacial score (nSPS) is 37.8. The third kappa shape index (κ3) is 11.0. The SMILES string of the molecule is CC[C@H]1/C=C(\C)[C@@H](O)C/C=C/C=C(\C)C(=O)O[C@H](C(C)O)C/C=C(C)/C=C(\C)[C@@H]1O[C@@H]1OC(C)(C)[C@@H](OC(=O)C(C)C)[C@H](O)[C@@H]1O. The van der Waals surface area contributed by atoms with E-state index in [9.17, 15) is 30.0 Å². The van der Waals surface area contributed by atoms with Crippen molar-refractivity contribution >= 4 is 11.9 Å². The third-order valence-corrected chi connectivity index (χ3v) is 8.44. The first kappa shape index (κ1) is 39.6. The number of hydrogen-bond acceptors (Lipinski definition) is 10. The van der Waals surface area contributed by atoms with Gasteiger partial charge in [0.25, 0.3) is 0 Å². The van der Waals surface area contributed by atoms with E-state index in [0.29, 0.717) is 18.4 Å². The van der Waals surface area contributed by atoms with Gasteiger partial charge in [0.15, 0.2) is 12.4 Å². The number of hydrogen-bond donors (Lipinski definition) is 4. The molecule has 0 radical (unpaired) electrons. The van der Waals surface area contributed by atoms with E-state index in [0.717, 1.165) is 16.7 Å². The summed E-state index contributed by atoms with van der Waals surface area (Å²) in [6.07, 6.45) is 3.49. The Morgan fingerprint density at radius 3 is 2.28 bits per heavy atom. The maximum atomic E-state index is 12.7.